The van der Waals surface area contributed by atoms with Crippen LogP contribution in [0.4, 0.5) is 5.69 Å². The quantitative estimate of drug-likeness (QED) is 0.776. The van der Waals surface area contributed by atoms with Gasteiger partial charge in [0, 0.05) is 19.2 Å². The summed E-state index contributed by atoms with van der Waals surface area (Å²) in [4.78, 5) is 13.0. The second kappa shape index (κ2) is 5.76. The van der Waals surface area contributed by atoms with Gasteiger partial charge in [0.2, 0.25) is 5.91 Å². The van der Waals surface area contributed by atoms with Crippen molar-refractivity contribution in [2.24, 2.45) is 0 Å². The summed E-state index contributed by atoms with van der Waals surface area (Å²) in [7, 11) is 1.59. The second-order valence-electron chi connectivity index (χ2n) is 3.28. The van der Waals surface area contributed by atoms with E-state index in [9.17, 15) is 4.79 Å². The summed E-state index contributed by atoms with van der Waals surface area (Å²) >= 11 is 0. The summed E-state index contributed by atoms with van der Waals surface area (Å²) in [5, 5.41) is 8.52. The van der Waals surface area contributed by atoms with E-state index in [0.29, 0.717) is 13.0 Å². The molecule has 0 aliphatic heterocycles. The first-order chi connectivity index (χ1) is 7.69. The van der Waals surface area contributed by atoms with E-state index >= 15 is 0 Å². The fourth-order valence-corrected chi connectivity index (χ4v) is 1.39. The third-order valence-electron chi connectivity index (χ3n) is 2.21. The Bertz CT molecular complexity index is 392. The van der Waals surface area contributed by atoms with Crippen LogP contribution in [0.3, 0.4) is 0 Å². The van der Waals surface area contributed by atoms with Gasteiger partial charge in [0.05, 0.1) is 19.6 Å². The van der Waals surface area contributed by atoms with E-state index in [1.807, 2.05) is 6.07 Å². The SMILES string of the molecule is COc1ccc(N(CCC#N)C(C)=O)cc1. The molecular weight excluding hydrogens is 204 g/mol. The number of hydrogen-bond acceptors (Lipinski definition) is 3. The molecule has 0 N–H and O–H groups in total. The van der Waals surface area contributed by atoms with Crippen molar-refractivity contribution in [3.05, 3.63) is 24.3 Å². The summed E-state index contributed by atoms with van der Waals surface area (Å²) in [5.74, 6) is 0.674. The summed E-state index contributed by atoms with van der Waals surface area (Å²) in [6.07, 6.45) is 0.325. The van der Waals surface area contributed by atoms with Crippen LogP contribution < -0.4 is 9.64 Å². The van der Waals surface area contributed by atoms with E-state index in [4.69, 9.17) is 10.00 Å². The van der Waals surface area contributed by atoms with Gasteiger partial charge >= 0.3 is 0 Å². The van der Waals surface area contributed by atoms with E-state index in [2.05, 4.69) is 0 Å². The van der Waals surface area contributed by atoms with Crippen molar-refractivity contribution in [1.29, 1.82) is 5.26 Å². The van der Waals surface area contributed by atoms with Gasteiger partial charge in [0.25, 0.3) is 0 Å². The maximum absolute atomic E-state index is 11.4. The molecular formula is C12H14N2O2. The number of anilines is 1. The molecule has 0 saturated carbocycles. The molecule has 1 aromatic rings. The van der Waals surface area contributed by atoms with Crippen molar-refractivity contribution in [3.8, 4) is 11.8 Å². The number of amides is 1. The average molecular weight is 218 g/mol. The molecule has 0 spiro atoms. The van der Waals surface area contributed by atoms with Crippen LogP contribution in [-0.4, -0.2) is 19.6 Å². The maximum Gasteiger partial charge on any atom is 0.223 e. The Labute approximate surface area is 95.0 Å². The molecule has 0 saturated heterocycles. The topological polar surface area (TPSA) is 53.3 Å². The number of benzene rings is 1. The highest BCUT2D eigenvalue weighted by molar-refractivity contribution is 5.91. The summed E-state index contributed by atoms with van der Waals surface area (Å²) in [6, 6.07) is 9.21. The monoisotopic (exact) mass is 218 g/mol. The van der Waals surface area contributed by atoms with E-state index in [-0.39, 0.29) is 5.91 Å². The Morgan fingerprint density at radius 2 is 2.06 bits per heavy atom. The van der Waals surface area contributed by atoms with E-state index < -0.39 is 0 Å². The van der Waals surface area contributed by atoms with E-state index in [1.54, 1.807) is 36.3 Å². The fraction of sp³-hybridized carbons (Fsp3) is 0.333. The highest BCUT2D eigenvalue weighted by Gasteiger charge is 2.10. The van der Waals surface area contributed by atoms with Gasteiger partial charge in [-0.05, 0) is 24.3 Å². The van der Waals surface area contributed by atoms with Crippen molar-refractivity contribution < 1.29 is 9.53 Å². The molecule has 1 aromatic carbocycles. The van der Waals surface area contributed by atoms with Crippen LogP contribution in [0.25, 0.3) is 0 Å². The van der Waals surface area contributed by atoms with Crippen molar-refractivity contribution in [1.82, 2.24) is 0 Å². The van der Waals surface area contributed by atoms with Gasteiger partial charge in [-0.2, -0.15) is 5.26 Å². The molecule has 0 aliphatic carbocycles. The van der Waals surface area contributed by atoms with Gasteiger partial charge in [0.1, 0.15) is 5.75 Å². The predicted octanol–water partition coefficient (Wildman–Crippen LogP) is 1.96. The molecule has 0 heterocycles. The highest BCUT2D eigenvalue weighted by atomic mass is 16.5. The molecule has 0 aromatic heterocycles. The van der Waals surface area contributed by atoms with Gasteiger partial charge in [-0.1, -0.05) is 0 Å². The van der Waals surface area contributed by atoms with Gasteiger partial charge in [-0.25, -0.2) is 0 Å². The van der Waals surface area contributed by atoms with Gasteiger partial charge in [-0.15, -0.1) is 0 Å². The van der Waals surface area contributed by atoms with Crippen molar-refractivity contribution >= 4 is 11.6 Å². The third-order valence-corrected chi connectivity index (χ3v) is 2.21. The molecule has 16 heavy (non-hydrogen) atoms. The lowest BCUT2D eigenvalue weighted by Crippen LogP contribution is -2.29. The zero-order valence-corrected chi connectivity index (χ0v) is 9.43. The Hall–Kier alpha value is -2.02. The molecule has 0 radical (unpaired) electrons. The smallest absolute Gasteiger partial charge is 0.223 e. The van der Waals surface area contributed by atoms with Crippen molar-refractivity contribution in [3.63, 3.8) is 0 Å². The predicted molar refractivity (Wildman–Crippen MR) is 61.3 cm³/mol. The number of nitrogens with zero attached hydrogens (tertiary/aromatic N) is 2. The van der Waals surface area contributed by atoms with Gasteiger partial charge in [0.15, 0.2) is 0 Å². The lowest BCUT2D eigenvalue weighted by molar-refractivity contribution is -0.116. The normalized spacial score (nSPS) is 9.31. The molecule has 0 unspecified atom stereocenters. The molecule has 0 aliphatic rings. The number of carbonyl (C=O) groups is 1. The number of methoxy groups -OCH3 is 1. The van der Waals surface area contributed by atoms with Gasteiger partial charge in [-0.3, -0.25) is 4.79 Å². The summed E-state index contributed by atoms with van der Waals surface area (Å²) in [6.45, 7) is 1.90. The standard InChI is InChI=1S/C12H14N2O2/c1-10(15)14(9-3-8-13)11-4-6-12(16-2)7-5-11/h4-7H,3,9H2,1-2H3. The Morgan fingerprint density at radius 3 is 2.50 bits per heavy atom. The van der Waals surface area contributed by atoms with Crippen LogP contribution in [0.5, 0.6) is 5.75 Å². The summed E-state index contributed by atoms with van der Waals surface area (Å²) < 4.78 is 5.03. The van der Waals surface area contributed by atoms with Crippen LogP contribution in [-0.2, 0) is 4.79 Å². The second-order valence-corrected chi connectivity index (χ2v) is 3.28. The van der Waals surface area contributed by atoms with E-state index in [0.717, 1.165) is 11.4 Å². The molecule has 1 rings (SSSR count). The molecule has 84 valence electrons. The first-order valence-electron chi connectivity index (χ1n) is 4.98. The third kappa shape index (κ3) is 2.99. The number of carbonyl (C=O) groups excluding carboxylic acids is 1. The lowest BCUT2D eigenvalue weighted by Gasteiger charge is -2.19. The largest absolute Gasteiger partial charge is 0.497 e. The van der Waals surface area contributed by atoms with Gasteiger partial charge < -0.3 is 9.64 Å². The molecule has 1 amide bonds. The number of ether oxygens (including phenoxy) is 1. The van der Waals surface area contributed by atoms with Crippen LogP contribution in [0, 0.1) is 11.3 Å². The Morgan fingerprint density at radius 1 is 1.44 bits per heavy atom. The first kappa shape index (κ1) is 12.1. The molecule has 0 fully saturated rings. The van der Waals surface area contributed by atoms with Crippen LogP contribution in [0.2, 0.25) is 0 Å². The molecule has 0 atom stereocenters. The summed E-state index contributed by atoms with van der Waals surface area (Å²) in [5.41, 5.74) is 0.781. The first-order valence-corrected chi connectivity index (χ1v) is 4.98. The van der Waals surface area contributed by atoms with E-state index in [1.165, 1.54) is 6.92 Å². The van der Waals surface area contributed by atoms with Crippen LogP contribution in [0.15, 0.2) is 24.3 Å². The van der Waals surface area contributed by atoms with Crippen molar-refractivity contribution in [2.45, 2.75) is 13.3 Å². The Balaban J connectivity index is 2.84. The minimum absolute atomic E-state index is 0.0691. The minimum atomic E-state index is -0.0691. The molecule has 0 bridgehead atoms. The molecule has 4 nitrogen and oxygen atoms in total. The van der Waals surface area contributed by atoms with Crippen molar-refractivity contribution in [2.75, 3.05) is 18.6 Å². The van der Waals surface area contributed by atoms with Crippen LogP contribution in [0.1, 0.15) is 13.3 Å². The fourth-order valence-electron chi connectivity index (χ4n) is 1.39. The minimum Gasteiger partial charge on any atom is -0.497 e. The zero-order chi connectivity index (χ0) is 12.0. The van der Waals surface area contributed by atoms with Crippen LogP contribution >= 0.6 is 0 Å². The maximum atomic E-state index is 11.4. The Kier molecular flexibility index (Phi) is 4.34. The number of rotatable bonds is 4. The molecule has 4 heteroatoms. The zero-order valence-electron chi connectivity index (χ0n) is 9.43. The number of nitriles is 1. The number of hydrogen-bond donors (Lipinski definition) is 0. The highest BCUT2D eigenvalue weighted by Crippen LogP contribution is 2.19. The lowest BCUT2D eigenvalue weighted by atomic mass is 10.2. The average Bonchev–Trinajstić information content (AvgIpc) is 2.30.